The van der Waals surface area contributed by atoms with E-state index in [1.807, 2.05) is 6.21 Å². The van der Waals surface area contributed by atoms with Gasteiger partial charge in [-0.25, -0.2) is 0 Å². The van der Waals surface area contributed by atoms with E-state index in [0.29, 0.717) is 6.17 Å². The lowest BCUT2D eigenvalue weighted by atomic mass is 10.1. The van der Waals surface area contributed by atoms with E-state index in [2.05, 4.69) is 29.0 Å². The number of aliphatic hydroxyl groups is 1. The Kier molecular flexibility index (Phi) is 15.0. The van der Waals surface area contributed by atoms with Gasteiger partial charge in [-0.3, -0.25) is 9.89 Å². The highest BCUT2D eigenvalue weighted by Crippen LogP contribution is 2.14. The van der Waals surface area contributed by atoms with Gasteiger partial charge >= 0.3 is 0 Å². The topological polar surface area (TPSA) is 35.8 Å². The van der Waals surface area contributed by atoms with Gasteiger partial charge in [0.05, 0.1) is 6.61 Å². The smallest absolute Gasteiger partial charge is 0.102 e. The molecule has 0 spiro atoms. The fourth-order valence-corrected chi connectivity index (χ4v) is 3.52. The van der Waals surface area contributed by atoms with Crippen LogP contribution in [-0.4, -0.2) is 42.1 Å². The summed E-state index contributed by atoms with van der Waals surface area (Å²) in [7, 11) is 0. The van der Waals surface area contributed by atoms with Gasteiger partial charge in [0.15, 0.2) is 0 Å². The minimum atomic E-state index is 0.235. The zero-order valence-corrected chi connectivity index (χ0v) is 16.7. The van der Waals surface area contributed by atoms with Crippen molar-refractivity contribution in [3.63, 3.8) is 0 Å². The Bertz CT molecular complexity index is 341. The number of hydrogen-bond donors (Lipinski definition) is 1. The third-order valence-corrected chi connectivity index (χ3v) is 5.13. The molecule has 1 N–H and O–H groups in total. The maximum absolute atomic E-state index is 9.04. The number of hydrogen-bond acceptors (Lipinski definition) is 3. The Labute approximate surface area is 156 Å². The van der Waals surface area contributed by atoms with Crippen molar-refractivity contribution >= 4 is 6.21 Å². The fraction of sp³-hybridized carbons (Fsp3) is 0.864. The van der Waals surface area contributed by atoms with Crippen LogP contribution >= 0.6 is 0 Å². The minimum Gasteiger partial charge on any atom is -0.395 e. The molecule has 0 amide bonds. The molecule has 0 saturated carbocycles. The van der Waals surface area contributed by atoms with Crippen molar-refractivity contribution in [2.45, 2.75) is 103 Å². The molecule has 0 aromatic rings. The van der Waals surface area contributed by atoms with Gasteiger partial charge in [0.25, 0.3) is 0 Å². The normalized spacial score (nSPS) is 17.9. The van der Waals surface area contributed by atoms with Crippen molar-refractivity contribution in [3.05, 3.63) is 12.2 Å². The minimum absolute atomic E-state index is 0.235. The highest BCUT2D eigenvalue weighted by atomic mass is 16.3. The van der Waals surface area contributed by atoms with Gasteiger partial charge in [-0.05, 0) is 32.1 Å². The largest absolute Gasteiger partial charge is 0.395 e. The molecule has 1 unspecified atom stereocenters. The van der Waals surface area contributed by atoms with Crippen LogP contribution in [0.1, 0.15) is 96.8 Å². The van der Waals surface area contributed by atoms with Crippen LogP contribution in [0, 0.1) is 0 Å². The molecule has 3 heteroatoms. The lowest BCUT2D eigenvalue weighted by Gasteiger charge is -2.21. The van der Waals surface area contributed by atoms with Crippen molar-refractivity contribution in [1.29, 1.82) is 0 Å². The van der Waals surface area contributed by atoms with Crippen LogP contribution < -0.4 is 0 Å². The van der Waals surface area contributed by atoms with Gasteiger partial charge in [0.1, 0.15) is 6.17 Å². The van der Waals surface area contributed by atoms with Gasteiger partial charge in [0.2, 0.25) is 0 Å². The van der Waals surface area contributed by atoms with Crippen molar-refractivity contribution in [2.75, 3.05) is 19.7 Å². The summed E-state index contributed by atoms with van der Waals surface area (Å²) in [5.41, 5.74) is 0. The molecule has 0 aliphatic carbocycles. The monoisotopic (exact) mass is 350 g/mol. The molecular formula is C22H42N2O. The summed E-state index contributed by atoms with van der Waals surface area (Å²) in [6.07, 6.45) is 25.9. The maximum atomic E-state index is 9.04. The number of allylic oxidation sites excluding steroid dienone is 2. The second kappa shape index (κ2) is 16.8. The molecule has 0 aromatic heterocycles. The Morgan fingerprint density at radius 3 is 2.16 bits per heavy atom. The molecule has 146 valence electrons. The number of β-amino-alcohol motifs (C(OH)–C–C–N with tert-alkyl or cyclic N) is 1. The highest BCUT2D eigenvalue weighted by molar-refractivity contribution is 5.62. The summed E-state index contributed by atoms with van der Waals surface area (Å²) < 4.78 is 0. The maximum Gasteiger partial charge on any atom is 0.102 e. The van der Waals surface area contributed by atoms with Crippen LogP contribution in [0.4, 0.5) is 0 Å². The van der Waals surface area contributed by atoms with Crippen LogP contribution in [0.5, 0.6) is 0 Å². The number of unbranched alkanes of at least 4 members (excludes halogenated alkanes) is 11. The Morgan fingerprint density at radius 1 is 0.920 bits per heavy atom. The van der Waals surface area contributed by atoms with Gasteiger partial charge in [-0.1, -0.05) is 76.9 Å². The average Bonchev–Trinajstić information content (AvgIpc) is 3.06. The van der Waals surface area contributed by atoms with Gasteiger partial charge in [0, 0.05) is 19.3 Å². The SMILES string of the molecule is CCCCCCCCCCCC/C=C/CCCC1N=CCN1CCO. The lowest BCUT2D eigenvalue weighted by molar-refractivity contribution is 0.177. The molecule has 1 heterocycles. The van der Waals surface area contributed by atoms with E-state index in [1.165, 1.54) is 77.0 Å². The van der Waals surface area contributed by atoms with E-state index in [4.69, 9.17) is 5.11 Å². The Hall–Kier alpha value is -0.670. The summed E-state index contributed by atoms with van der Waals surface area (Å²) >= 11 is 0. The summed E-state index contributed by atoms with van der Waals surface area (Å²) in [6, 6.07) is 0. The molecule has 1 aliphatic rings. The molecule has 1 atom stereocenters. The molecule has 25 heavy (non-hydrogen) atoms. The number of aliphatic imine (C=N–C) groups is 1. The van der Waals surface area contributed by atoms with Crippen LogP contribution in [0.25, 0.3) is 0 Å². The first-order valence-corrected chi connectivity index (χ1v) is 10.9. The van der Waals surface area contributed by atoms with E-state index in [1.54, 1.807) is 0 Å². The zero-order valence-electron chi connectivity index (χ0n) is 16.7. The summed E-state index contributed by atoms with van der Waals surface area (Å²) in [6.45, 7) is 4.17. The standard InChI is InChI=1S/C22H42N2O/c1-2-3-4-5-6-7-8-9-10-11-12-13-14-15-16-17-22-23-18-19-24(22)20-21-25/h13-14,18,22,25H,2-12,15-17,19-21H2,1H3/b14-13+. The van der Waals surface area contributed by atoms with Gasteiger partial charge < -0.3 is 5.11 Å². The first-order chi connectivity index (χ1) is 12.4. The molecular weight excluding hydrogens is 308 g/mol. The van der Waals surface area contributed by atoms with E-state index in [-0.39, 0.29) is 6.61 Å². The molecule has 3 nitrogen and oxygen atoms in total. The molecule has 0 bridgehead atoms. The number of nitrogens with zero attached hydrogens (tertiary/aromatic N) is 2. The lowest BCUT2D eigenvalue weighted by Crippen LogP contribution is -2.32. The van der Waals surface area contributed by atoms with E-state index >= 15 is 0 Å². The number of rotatable bonds is 17. The van der Waals surface area contributed by atoms with Gasteiger partial charge in [-0.15, -0.1) is 0 Å². The van der Waals surface area contributed by atoms with Crippen LogP contribution in [-0.2, 0) is 0 Å². The molecule has 0 fully saturated rings. The quantitative estimate of drug-likeness (QED) is 0.269. The Morgan fingerprint density at radius 2 is 1.52 bits per heavy atom. The van der Waals surface area contributed by atoms with Crippen molar-refractivity contribution in [2.24, 2.45) is 4.99 Å². The van der Waals surface area contributed by atoms with Crippen molar-refractivity contribution in [1.82, 2.24) is 4.90 Å². The predicted octanol–water partition coefficient (Wildman–Crippen LogP) is 5.73. The summed E-state index contributed by atoms with van der Waals surface area (Å²) in [5.74, 6) is 0. The number of aliphatic hydroxyl groups excluding tert-OH is 1. The summed E-state index contributed by atoms with van der Waals surface area (Å²) in [5, 5.41) is 9.04. The first kappa shape index (κ1) is 22.4. The van der Waals surface area contributed by atoms with E-state index in [0.717, 1.165) is 25.9 Å². The van der Waals surface area contributed by atoms with Crippen LogP contribution in [0.3, 0.4) is 0 Å². The van der Waals surface area contributed by atoms with Crippen LogP contribution in [0.2, 0.25) is 0 Å². The van der Waals surface area contributed by atoms with Crippen molar-refractivity contribution in [3.8, 4) is 0 Å². The first-order valence-electron chi connectivity index (χ1n) is 10.9. The second-order valence-electron chi connectivity index (χ2n) is 7.40. The fourth-order valence-electron chi connectivity index (χ4n) is 3.52. The van der Waals surface area contributed by atoms with Crippen molar-refractivity contribution < 1.29 is 5.11 Å². The highest BCUT2D eigenvalue weighted by Gasteiger charge is 2.19. The van der Waals surface area contributed by atoms with Crippen LogP contribution in [0.15, 0.2) is 17.1 Å². The summed E-state index contributed by atoms with van der Waals surface area (Å²) in [4.78, 5) is 6.76. The second-order valence-corrected chi connectivity index (χ2v) is 7.40. The molecule has 0 aromatic carbocycles. The predicted molar refractivity (Wildman–Crippen MR) is 110 cm³/mol. The molecule has 0 radical (unpaired) electrons. The average molecular weight is 351 g/mol. The molecule has 0 saturated heterocycles. The third kappa shape index (κ3) is 12.3. The Balaban J connectivity index is 1.82. The zero-order chi connectivity index (χ0) is 18.0. The third-order valence-electron chi connectivity index (χ3n) is 5.13. The molecule has 1 aliphatic heterocycles. The van der Waals surface area contributed by atoms with E-state index in [9.17, 15) is 0 Å². The van der Waals surface area contributed by atoms with E-state index < -0.39 is 0 Å². The molecule has 1 rings (SSSR count). The van der Waals surface area contributed by atoms with Gasteiger partial charge in [-0.2, -0.15) is 0 Å².